The van der Waals surface area contributed by atoms with Crippen molar-refractivity contribution in [1.82, 2.24) is 9.55 Å². The van der Waals surface area contributed by atoms with Crippen LogP contribution >= 0.6 is 22.7 Å². The lowest BCUT2D eigenvalue weighted by atomic mass is 10.1. The van der Waals surface area contributed by atoms with E-state index in [1.165, 1.54) is 15.9 Å². The minimum atomic E-state index is -1.00. The summed E-state index contributed by atoms with van der Waals surface area (Å²) in [6, 6.07) is 3.01. The maximum atomic E-state index is 13.1. The third-order valence-electron chi connectivity index (χ3n) is 3.80. The molecule has 0 aromatic carbocycles. The lowest BCUT2D eigenvalue weighted by molar-refractivity contribution is -0.141. The van der Waals surface area contributed by atoms with E-state index in [4.69, 9.17) is 0 Å². The summed E-state index contributed by atoms with van der Waals surface area (Å²) >= 11 is 2.98. The number of carbonyl (C=O) groups is 1. The van der Waals surface area contributed by atoms with Gasteiger partial charge in [0, 0.05) is 22.2 Å². The molecule has 0 fully saturated rings. The van der Waals surface area contributed by atoms with E-state index in [1.807, 2.05) is 29.8 Å². The van der Waals surface area contributed by atoms with Gasteiger partial charge in [-0.3, -0.25) is 9.36 Å². The Hall–Kier alpha value is -1.99. The van der Waals surface area contributed by atoms with Crippen molar-refractivity contribution in [3.63, 3.8) is 0 Å². The predicted molar refractivity (Wildman–Crippen MR) is 93.5 cm³/mol. The monoisotopic (exact) mass is 348 g/mol. The summed E-state index contributed by atoms with van der Waals surface area (Å²) in [5, 5.41) is 13.9. The lowest BCUT2D eigenvalue weighted by Crippen LogP contribution is -2.32. The molecule has 23 heavy (non-hydrogen) atoms. The average molecular weight is 348 g/mol. The lowest BCUT2D eigenvalue weighted by Gasteiger charge is -2.17. The smallest absolute Gasteiger partial charge is 0.326 e. The molecule has 0 saturated carbocycles. The Morgan fingerprint density at radius 3 is 2.74 bits per heavy atom. The Labute approximate surface area is 140 Å². The van der Waals surface area contributed by atoms with Gasteiger partial charge in [-0.2, -0.15) is 0 Å². The normalized spacial score (nSPS) is 12.6. The van der Waals surface area contributed by atoms with Crippen LogP contribution in [0.1, 0.15) is 32.1 Å². The summed E-state index contributed by atoms with van der Waals surface area (Å²) in [5.41, 5.74) is 0.583. The summed E-state index contributed by atoms with van der Waals surface area (Å²) in [4.78, 5) is 30.8. The fourth-order valence-corrected chi connectivity index (χ4v) is 4.47. The highest BCUT2D eigenvalue weighted by atomic mass is 32.1. The number of carboxylic acids is 1. The quantitative estimate of drug-likeness (QED) is 0.761. The molecule has 1 atom stereocenters. The zero-order chi connectivity index (χ0) is 16.6. The SMILES string of the molecule is CCc1nc2scc(-c3cccs3)c2c(=O)n1C(CC)C(=O)O. The first kappa shape index (κ1) is 15.9. The van der Waals surface area contributed by atoms with E-state index in [0.29, 0.717) is 28.9 Å². The zero-order valence-electron chi connectivity index (χ0n) is 12.8. The van der Waals surface area contributed by atoms with Crippen LogP contribution in [0.2, 0.25) is 0 Å². The summed E-state index contributed by atoms with van der Waals surface area (Å²) in [7, 11) is 0. The molecule has 0 saturated heterocycles. The van der Waals surface area contributed by atoms with Crippen molar-refractivity contribution in [3.8, 4) is 10.4 Å². The van der Waals surface area contributed by atoms with Crippen molar-refractivity contribution in [2.75, 3.05) is 0 Å². The van der Waals surface area contributed by atoms with Crippen LogP contribution in [-0.2, 0) is 11.2 Å². The van der Waals surface area contributed by atoms with E-state index in [-0.39, 0.29) is 5.56 Å². The number of thiophene rings is 2. The summed E-state index contributed by atoms with van der Waals surface area (Å²) in [6.07, 6.45) is 0.856. The molecule has 1 N–H and O–H groups in total. The molecule has 3 aromatic heterocycles. The van der Waals surface area contributed by atoms with Gasteiger partial charge in [-0.05, 0) is 17.9 Å². The van der Waals surface area contributed by atoms with Gasteiger partial charge < -0.3 is 5.11 Å². The van der Waals surface area contributed by atoms with Crippen LogP contribution in [0.4, 0.5) is 0 Å². The first-order valence-electron chi connectivity index (χ1n) is 7.37. The highest BCUT2D eigenvalue weighted by molar-refractivity contribution is 7.18. The van der Waals surface area contributed by atoms with Gasteiger partial charge in [0.25, 0.3) is 5.56 Å². The van der Waals surface area contributed by atoms with Crippen molar-refractivity contribution < 1.29 is 9.90 Å². The predicted octanol–water partition coefficient (Wildman–Crippen LogP) is 3.78. The Morgan fingerprint density at radius 1 is 1.39 bits per heavy atom. The number of hydrogen-bond acceptors (Lipinski definition) is 5. The topological polar surface area (TPSA) is 72.2 Å². The second kappa shape index (κ2) is 6.25. The van der Waals surface area contributed by atoms with Gasteiger partial charge in [0.05, 0.1) is 5.39 Å². The summed E-state index contributed by atoms with van der Waals surface area (Å²) < 4.78 is 1.36. The molecule has 5 nitrogen and oxygen atoms in total. The number of aryl methyl sites for hydroxylation is 1. The number of fused-ring (bicyclic) bond motifs is 1. The van der Waals surface area contributed by atoms with Gasteiger partial charge in [0.15, 0.2) is 0 Å². The van der Waals surface area contributed by atoms with Crippen molar-refractivity contribution >= 4 is 38.9 Å². The number of aliphatic carboxylic acids is 1. The third kappa shape index (κ3) is 2.60. The molecular weight excluding hydrogens is 332 g/mol. The first-order valence-corrected chi connectivity index (χ1v) is 9.13. The minimum Gasteiger partial charge on any atom is -0.480 e. The zero-order valence-corrected chi connectivity index (χ0v) is 14.4. The van der Waals surface area contributed by atoms with E-state index in [9.17, 15) is 14.7 Å². The van der Waals surface area contributed by atoms with Crippen LogP contribution in [0.15, 0.2) is 27.7 Å². The second-order valence-electron chi connectivity index (χ2n) is 5.13. The van der Waals surface area contributed by atoms with Crippen LogP contribution < -0.4 is 5.56 Å². The number of carboxylic acid groups (broad SMARTS) is 1. The van der Waals surface area contributed by atoms with Crippen LogP contribution in [-0.4, -0.2) is 20.6 Å². The molecule has 0 spiro atoms. The van der Waals surface area contributed by atoms with Crippen LogP contribution in [0.5, 0.6) is 0 Å². The number of hydrogen-bond donors (Lipinski definition) is 1. The molecule has 0 aliphatic heterocycles. The van der Waals surface area contributed by atoms with Gasteiger partial charge in [0.1, 0.15) is 16.7 Å². The van der Waals surface area contributed by atoms with E-state index in [2.05, 4.69) is 4.98 Å². The van der Waals surface area contributed by atoms with Crippen LogP contribution in [0.25, 0.3) is 20.7 Å². The van der Waals surface area contributed by atoms with Crippen molar-refractivity contribution in [3.05, 3.63) is 39.1 Å². The van der Waals surface area contributed by atoms with E-state index in [1.54, 1.807) is 18.3 Å². The van der Waals surface area contributed by atoms with Gasteiger partial charge in [-0.25, -0.2) is 9.78 Å². The number of aromatic nitrogens is 2. The Bertz CT molecular complexity index is 909. The van der Waals surface area contributed by atoms with Crippen molar-refractivity contribution in [1.29, 1.82) is 0 Å². The molecule has 0 amide bonds. The number of nitrogens with zero attached hydrogens (tertiary/aromatic N) is 2. The molecule has 3 heterocycles. The highest BCUT2D eigenvalue weighted by Gasteiger charge is 2.25. The highest BCUT2D eigenvalue weighted by Crippen LogP contribution is 2.34. The summed E-state index contributed by atoms with van der Waals surface area (Å²) in [5.74, 6) is -0.477. The largest absolute Gasteiger partial charge is 0.480 e. The van der Waals surface area contributed by atoms with E-state index in [0.717, 1.165) is 10.4 Å². The van der Waals surface area contributed by atoms with Crippen LogP contribution in [0, 0.1) is 0 Å². The molecule has 1 unspecified atom stereocenters. The summed E-state index contributed by atoms with van der Waals surface area (Å²) in [6.45, 7) is 3.65. The van der Waals surface area contributed by atoms with E-state index < -0.39 is 12.0 Å². The average Bonchev–Trinajstić information content (AvgIpc) is 3.18. The maximum Gasteiger partial charge on any atom is 0.326 e. The molecule has 3 rings (SSSR count). The molecule has 0 aliphatic carbocycles. The van der Waals surface area contributed by atoms with Crippen molar-refractivity contribution in [2.24, 2.45) is 0 Å². The second-order valence-corrected chi connectivity index (χ2v) is 6.93. The Balaban J connectivity index is 2.35. The van der Waals surface area contributed by atoms with E-state index >= 15 is 0 Å². The fraction of sp³-hybridized carbons (Fsp3) is 0.312. The standard InChI is InChI=1S/C16H16N2O3S2/c1-3-10(16(20)21)18-12(4-2)17-14-13(15(18)19)9(8-23-14)11-6-5-7-22-11/h5-8,10H,3-4H2,1-2H3,(H,20,21). The minimum absolute atomic E-state index is 0.259. The number of rotatable bonds is 5. The fourth-order valence-electron chi connectivity index (χ4n) is 2.70. The molecule has 7 heteroatoms. The molecule has 0 radical (unpaired) electrons. The first-order chi connectivity index (χ1) is 11.1. The molecule has 0 aliphatic rings. The van der Waals surface area contributed by atoms with Gasteiger partial charge in [0.2, 0.25) is 0 Å². The Morgan fingerprint density at radius 2 is 2.17 bits per heavy atom. The molecule has 120 valence electrons. The molecular formula is C16H16N2O3S2. The van der Waals surface area contributed by atoms with Gasteiger partial charge >= 0.3 is 5.97 Å². The van der Waals surface area contributed by atoms with Gasteiger partial charge in [-0.1, -0.05) is 19.9 Å². The van der Waals surface area contributed by atoms with Gasteiger partial charge in [-0.15, -0.1) is 22.7 Å². The maximum absolute atomic E-state index is 13.1. The van der Waals surface area contributed by atoms with Crippen molar-refractivity contribution in [2.45, 2.75) is 32.7 Å². The van der Waals surface area contributed by atoms with Crippen LogP contribution in [0.3, 0.4) is 0 Å². The Kier molecular flexibility index (Phi) is 4.32. The molecule has 3 aromatic rings. The third-order valence-corrected chi connectivity index (χ3v) is 5.57. The molecule has 0 bridgehead atoms.